The van der Waals surface area contributed by atoms with Crippen molar-refractivity contribution in [1.82, 2.24) is 4.73 Å². The molecule has 0 aliphatic carbocycles. The first-order chi connectivity index (χ1) is 5.11. The summed E-state index contributed by atoms with van der Waals surface area (Å²) in [5.41, 5.74) is 0. The predicted octanol–water partition coefficient (Wildman–Crippen LogP) is -0.878. The zero-order valence-corrected chi connectivity index (χ0v) is 5.95. The zero-order chi connectivity index (χ0) is 8.43. The van der Waals surface area contributed by atoms with Crippen molar-refractivity contribution >= 4 is 11.4 Å². The van der Waals surface area contributed by atoms with Crippen LogP contribution >= 0.6 is 0 Å². The van der Waals surface area contributed by atoms with Gasteiger partial charge in [-0.3, -0.25) is 0 Å². The van der Waals surface area contributed by atoms with Gasteiger partial charge in [0.1, 0.15) is 0 Å². The van der Waals surface area contributed by atoms with E-state index < -0.39 is 23.1 Å². The summed E-state index contributed by atoms with van der Waals surface area (Å²) >= 11 is -2.82. The lowest BCUT2D eigenvalue weighted by Crippen LogP contribution is -2.12. The maximum atomic E-state index is 9.91. The van der Waals surface area contributed by atoms with Gasteiger partial charge in [0.25, 0.3) is 0 Å². The molecule has 0 amide bonds. The first-order valence-electron chi connectivity index (χ1n) is 2.49. The number of aromatic hydroxyl groups is 2. The quantitative estimate of drug-likeness (QED) is 0.573. The van der Waals surface area contributed by atoms with Crippen molar-refractivity contribution in [2.45, 2.75) is 0 Å². The van der Waals surface area contributed by atoms with Gasteiger partial charge in [0.05, 0.1) is 0 Å². The summed E-state index contributed by atoms with van der Waals surface area (Å²) in [4.78, 5) is 0. The lowest BCUT2D eigenvalue weighted by molar-refractivity contribution is 0.197. The second-order valence-corrected chi connectivity index (χ2v) is 2.18. The standard InChI is InChI=1S/C4H5NO5S/c6-3-1-2-4(7)5(3)10-11(8)9/h1-2,6-7H,(H,8,9)/p-1. The summed E-state index contributed by atoms with van der Waals surface area (Å²) in [7, 11) is 0. The van der Waals surface area contributed by atoms with Crippen molar-refractivity contribution in [3.05, 3.63) is 12.1 Å². The molecule has 0 fully saturated rings. The normalized spacial score (nSPS) is 12.8. The van der Waals surface area contributed by atoms with Crippen molar-refractivity contribution in [3.8, 4) is 11.8 Å². The van der Waals surface area contributed by atoms with Crippen LogP contribution < -0.4 is 4.28 Å². The molecule has 0 saturated heterocycles. The number of nitrogens with zero attached hydrogens (tertiary/aromatic N) is 1. The molecule has 6 nitrogen and oxygen atoms in total. The summed E-state index contributed by atoms with van der Waals surface area (Å²) in [5, 5.41) is 17.6. The van der Waals surface area contributed by atoms with Gasteiger partial charge in [-0.2, -0.15) is 0 Å². The summed E-state index contributed by atoms with van der Waals surface area (Å²) in [5.74, 6) is -0.988. The topological polar surface area (TPSA) is 94.8 Å². The third-order valence-electron chi connectivity index (χ3n) is 0.933. The molecule has 1 aromatic heterocycles. The van der Waals surface area contributed by atoms with Crippen LogP contribution in [0.15, 0.2) is 12.1 Å². The van der Waals surface area contributed by atoms with Gasteiger partial charge in [0.2, 0.25) is 11.8 Å². The van der Waals surface area contributed by atoms with Crippen LogP contribution in [0.2, 0.25) is 0 Å². The second-order valence-electron chi connectivity index (χ2n) is 1.62. The van der Waals surface area contributed by atoms with E-state index in [9.17, 15) is 8.76 Å². The molecule has 0 aliphatic heterocycles. The van der Waals surface area contributed by atoms with Crippen LogP contribution in [-0.2, 0) is 11.4 Å². The fourth-order valence-electron chi connectivity index (χ4n) is 0.539. The molecule has 0 radical (unpaired) electrons. The van der Waals surface area contributed by atoms with Crippen molar-refractivity contribution in [2.75, 3.05) is 0 Å². The molecule has 0 saturated carbocycles. The maximum Gasteiger partial charge on any atom is 0.230 e. The Balaban J connectivity index is 2.92. The van der Waals surface area contributed by atoms with Gasteiger partial charge in [0.15, 0.2) is 11.4 Å². The summed E-state index contributed by atoms with van der Waals surface area (Å²) in [6.45, 7) is 0. The molecule has 1 heterocycles. The van der Waals surface area contributed by atoms with Crippen molar-refractivity contribution in [2.24, 2.45) is 0 Å². The van der Waals surface area contributed by atoms with E-state index in [1.165, 1.54) is 0 Å². The summed E-state index contributed by atoms with van der Waals surface area (Å²) in [6, 6.07) is 2.17. The smallest absolute Gasteiger partial charge is 0.230 e. The van der Waals surface area contributed by atoms with Gasteiger partial charge in [-0.25, -0.2) is 4.21 Å². The molecule has 62 valence electrons. The third kappa shape index (κ3) is 1.63. The van der Waals surface area contributed by atoms with Crippen molar-refractivity contribution in [3.63, 3.8) is 0 Å². The molecule has 7 heteroatoms. The van der Waals surface area contributed by atoms with Crippen LogP contribution in [0.3, 0.4) is 0 Å². The monoisotopic (exact) mass is 178 g/mol. The van der Waals surface area contributed by atoms with Gasteiger partial charge in [-0.1, -0.05) is 4.73 Å². The Morgan fingerprint density at radius 2 is 1.91 bits per heavy atom. The Kier molecular flexibility index (Phi) is 2.01. The highest BCUT2D eigenvalue weighted by Gasteiger charge is 2.05. The SMILES string of the molecule is O=S([O-])On1c(O)ccc1O. The highest BCUT2D eigenvalue weighted by molar-refractivity contribution is 7.74. The van der Waals surface area contributed by atoms with E-state index in [4.69, 9.17) is 10.2 Å². The van der Waals surface area contributed by atoms with Crippen LogP contribution in [0.4, 0.5) is 0 Å². The highest BCUT2D eigenvalue weighted by Crippen LogP contribution is 2.18. The third-order valence-corrected chi connectivity index (χ3v) is 1.20. The summed E-state index contributed by atoms with van der Waals surface area (Å²) < 4.78 is 24.1. The predicted molar refractivity (Wildman–Crippen MR) is 33.3 cm³/mol. The molecule has 1 rings (SSSR count). The van der Waals surface area contributed by atoms with Gasteiger partial charge < -0.3 is 19.0 Å². The first-order valence-corrected chi connectivity index (χ1v) is 3.49. The van der Waals surface area contributed by atoms with E-state index in [-0.39, 0.29) is 0 Å². The molecule has 0 aromatic carbocycles. The minimum atomic E-state index is -2.82. The van der Waals surface area contributed by atoms with Crippen molar-refractivity contribution < 1.29 is 23.3 Å². The van der Waals surface area contributed by atoms with E-state index in [0.717, 1.165) is 12.1 Å². The Bertz CT molecular complexity index is 263. The molecular weight excluding hydrogens is 174 g/mol. The molecule has 0 bridgehead atoms. The number of hydrogen-bond donors (Lipinski definition) is 2. The van der Waals surface area contributed by atoms with E-state index >= 15 is 0 Å². The lowest BCUT2D eigenvalue weighted by atomic mass is 10.6. The average Bonchev–Trinajstić information content (AvgIpc) is 2.18. The van der Waals surface area contributed by atoms with Crippen LogP contribution in [0, 0.1) is 0 Å². The number of hydrogen-bond acceptors (Lipinski definition) is 5. The largest absolute Gasteiger partial charge is 0.738 e. The highest BCUT2D eigenvalue weighted by atomic mass is 32.2. The van der Waals surface area contributed by atoms with E-state index in [2.05, 4.69) is 4.28 Å². The second kappa shape index (κ2) is 2.81. The van der Waals surface area contributed by atoms with E-state index in [1.807, 2.05) is 0 Å². The van der Waals surface area contributed by atoms with Crippen LogP contribution in [-0.4, -0.2) is 23.7 Å². The average molecular weight is 178 g/mol. The minimum Gasteiger partial charge on any atom is -0.738 e. The molecule has 1 atom stereocenters. The number of rotatable bonds is 2. The zero-order valence-electron chi connectivity index (χ0n) is 5.13. The fourth-order valence-corrected chi connectivity index (χ4v) is 0.814. The van der Waals surface area contributed by atoms with E-state index in [0.29, 0.717) is 4.73 Å². The van der Waals surface area contributed by atoms with Gasteiger partial charge in [-0.05, 0) is 0 Å². The first kappa shape index (κ1) is 7.89. The molecule has 1 aromatic rings. The maximum absolute atomic E-state index is 9.91. The van der Waals surface area contributed by atoms with Crippen molar-refractivity contribution in [1.29, 1.82) is 0 Å². The van der Waals surface area contributed by atoms with Gasteiger partial charge in [0, 0.05) is 12.1 Å². The Labute approximate surface area is 64.1 Å². The van der Waals surface area contributed by atoms with E-state index in [1.54, 1.807) is 0 Å². The Morgan fingerprint density at radius 1 is 1.45 bits per heavy atom. The molecule has 1 unspecified atom stereocenters. The molecule has 0 aliphatic rings. The van der Waals surface area contributed by atoms with Gasteiger partial charge >= 0.3 is 0 Å². The molecular formula is C4H4NO5S-. The van der Waals surface area contributed by atoms with Crippen LogP contribution in [0.1, 0.15) is 0 Å². The molecule has 11 heavy (non-hydrogen) atoms. The number of aromatic nitrogens is 1. The molecule has 2 N–H and O–H groups in total. The molecule has 0 spiro atoms. The van der Waals surface area contributed by atoms with Gasteiger partial charge in [-0.15, -0.1) is 0 Å². The lowest BCUT2D eigenvalue weighted by Gasteiger charge is -2.08. The minimum absolute atomic E-state index is 0.364. The van der Waals surface area contributed by atoms with Crippen LogP contribution in [0.5, 0.6) is 11.8 Å². The Hall–Kier alpha value is -1.21. The summed E-state index contributed by atoms with van der Waals surface area (Å²) in [6.07, 6.45) is 0. The fraction of sp³-hybridized carbons (Fsp3) is 0. The van der Waals surface area contributed by atoms with Crippen LogP contribution in [0.25, 0.3) is 0 Å². The Morgan fingerprint density at radius 3 is 2.27 bits per heavy atom.